The van der Waals surface area contributed by atoms with Crippen LogP contribution in [0, 0.1) is 5.92 Å². The van der Waals surface area contributed by atoms with Crippen LogP contribution in [0.4, 0.5) is 5.69 Å². The molecule has 1 fully saturated rings. The molecule has 5 heteroatoms. The van der Waals surface area contributed by atoms with Crippen molar-refractivity contribution in [3.05, 3.63) is 54.1 Å². The van der Waals surface area contributed by atoms with E-state index in [4.69, 9.17) is 9.47 Å². The number of nitrogens with zero attached hydrogens (tertiary/aromatic N) is 1. The summed E-state index contributed by atoms with van der Waals surface area (Å²) in [5.41, 5.74) is 2.05. The van der Waals surface area contributed by atoms with Crippen LogP contribution in [-0.2, 0) is 11.3 Å². The van der Waals surface area contributed by atoms with Gasteiger partial charge < -0.3 is 14.8 Å². The summed E-state index contributed by atoms with van der Waals surface area (Å²) < 4.78 is 10.8. The van der Waals surface area contributed by atoms with Crippen molar-refractivity contribution in [3.63, 3.8) is 0 Å². The fourth-order valence-electron chi connectivity index (χ4n) is 3.46. The second kappa shape index (κ2) is 9.42. The molecule has 0 saturated carbocycles. The van der Waals surface area contributed by atoms with Crippen LogP contribution in [0.25, 0.3) is 0 Å². The number of likely N-dealkylation sites (tertiary alicyclic amines) is 1. The highest BCUT2D eigenvalue weighted by Crippen LogP contribution is 2.25. The lowest BCUT2D eigenvalue weighted by molar-refractivity contribution is -0.118. The van der Waals surface area contributed by atoms with Gasteiger partial charge in [0.1, 0.15) is 0 Å². The van der Waals surface area contributed by atoms with E-state index in [9.17, 15) is 4.79 Å². The van der Waals surface area contributed by atoms with Gasteiger partial charge in [-0.15, -0.1) is 0 Å². The number of rotatable bonds is 7. The summed E-state index contributed by atoms with van der Waals surface area (Å²) in [5.74, 6) is 1.75. The van der Waals surface area contributed by atoms with Crippen molar-refractivity contribution >= 4 is 11.6 Å². The van der Waals surface area contributed by atoms with Gasteiger partial charge in [-0.25, -0.2) is 0 Å². The smallest absolute Gasteiger partial charge is 0.262 e. The average molecular weight is 368 g/mol. The molecule has 0 bridgehead atoms. The molecule has 0 unspecified atom stereocenters. The number of hydrogen-bond donors (Lipinski definition) is 1. The Bertz CT molecular complexity index is 745. The molecule has 27 heavy (non-hydrogen) atoms. The lowest BCUT2D eigenvalue weighted by Gasteiger charge is -2.30. The van der Waals surface area contributed by atoms with Crippen LogP contribution < -0.4 is 14.8 Å². The van der Waals surface area contributed by atoms with Gasteiger partial charge in [0, 0.05) is 18.8 Å². The zero-order chi connectivity index (χ0) is 19.1. The molecule has 0 aliphatic carbocycles. The standard InChI is InChI=1S/C22H28N2O3/c1-17-6-5-13-24(14-17)15-18-9-11-19(12-10-18)23-22(25)16-27-21-8-4-3-7-20(21)26-2/h3-4,7-12,17H,5-6,13-16H2,1-2H3,(H,23,25)/t17-/m0/s1. The normalized spacial score (nSPS) is 17.3. The molecule has 1 amide bonds. The Balaban J connectivity index is 1.48. The number of anilines is 1. The molecule has 2 aromatic carbocycles. The number of methoxy groups -OCH3 is 1. The van der Waals surface area contributed by atoms with E-state index in [1.807, 2.05) is 24.3 Å². The number of carbonyl (C=O) groups is 1. The second-order valence-electron chi connectivity index (χ2n) is 7.17. The van der Waals surface area contributed by atoms with Gasteiger partial charge in [0.2, 0.25) is 0 Å². The average Bonchev–Trinajstić information content (AvgIpc) is 2.68. The van der Waals surface area contributed by atoms with Gasteiger partial charge in [0.05, 0.1) is 7.11 Å². The fourth-order valence-corrected chi connectivity index (χ4v) is 3.46. The van der Waals surface area contributed by atoms with Gasteiger partial charge in [0.25, 0.3) is 5.91 Å². The maximum Gasteiger partial charge on any atom is 0.262 e. The monoisotopic (exact) mass is 368 g/mol. The summed E-state index contributed by atoms with van der Waals surface area (Å²) in [6.07, 6.45) is 2.61. The van der Waals surface area contributed by atoms with E-state index in [0.29, 0.717) is 11.5 Å². The molecule has 1 N–H and O–H groups in total. The highest BCUT2D eigenvalue weighted by Gasteiger charge is 2.16. The third-order valence-corrected chi connectivity index (χ3v) is 4.81. The van der Waals surface area contributed by atoms with Crippen LogP contribution in [0.1, 0.15) is 25.3 Å². The highest BCUT2D eigenvalue weighted by atomic mass is 16.5. The van der Waals surface area contributed by atoms with Crippen LogP contribution in [0.2, 0.25) is 0 Å². The predicted molar refractivity (Wildman–Crippen MR) is 107 cm³/mol. The molecule has 1 atom stereocenters. The molecule has 1 saturated heterocycles. The van der Waals surface area contributed by atoms with Crippen LogP contribution in [-0.4, -0.2) is 37.6 Å². The maximum atomic E-state index is 12.1. The topological polar surface area (TPSA) is 50.8 Å². The van der Waals surface area contributed by atoms with E-state index in [1.54, 1.807) is 19.2 Å². The largest absolute Gasteiger partial charge is 0.493 e. The molecule has 3 rings (SSSR count). The zero-order valence-corrected chi connectivity index (χ0v) is 16.1. The number of carbonyl (C=O) groups excluding carboxylic acids is 1. The van der Waals surface area contributed by atoms with Crippen molar-refractivity contribution < 1.29 is 14.3 Å². The first kappa shape index (κ1) is 19.2. The molecule has 1 heterocycles. The van der Waals surface area contributed by atoms with Gasteiger partial charge in [-0.05, 0) is 55.1 Å². The SMILES string of the molecule is COc1ccccc1OCC(=O)Nc1ccc(CN2CCC[C@H](C)C2)cc1. The number of amides is 1. The third kappa shape index (κ3) is 5.73. The Morgan fingerprint density at radius 3 is 2.59 bits per heavy atom. The fraction of sp³-hybridized carbons (Fsp3) is 0.409. The molecule has 144 valence electrons. The van der Waals surface area contributed by atoms with Gasteiger partial charge in [0.15, 0.2) is 18.1 Å². The van der Waals surface area contributed by atoms with Crippen molar-refractivity contribution in [1.29, 1.82) is 0 Å². The Labute approximate surface area is 161 Å². The van der Waals surface area contributed by atoms with Crippen molar-refractivity contribution in [2.45, 2.75) is 26.3 Å². The number of para-hydroxylation sites is 2. The number of nitrogens with one attached hydrogen (secondary N) is 1. The predicted octanol–water partition coefficient (Wildman–Crippen LogP) is 3.94. The van der Waals surface area contributed by atoms with E-state index >= 15 is 0 Å². The summed E-state index contributed by atoms with van der Waals surface area (Å²) in [5, 5.41) is 2.87. The van der Waals surface area contributed by atoms with E-state index in [0.717, 1.165) is 18.2 Å². The molecule has 1 aliphatic rings. The minimum Gasteiger partial charge on any atom is -0.493 e. The zero-order valence-electron chi connectivity index (χ0n) is 16.1. The Morgan fingerprint density at radius 2 is 1.89 bits per heavy atom. The second-order valence-corrected chi connectivity index (χ2v) is 7.17. The van der Waals surface area contributed by atoms with Crippen LogP contribution in [0.5, 0.6) is 11.5 Å². The van der Waals surface area contributed by atoms with Gasteiger partial charge in [-0.2, -0.15) is 0 Å². The molecular formula is C22H28N2O3. The summed E-state index contributed by atoms with van der Waals surface area (Å²) in [6.45, 7) is 5.56. The minimum atomic E-state index is -0.196. The summed E-state index contributed by atoms with van der Waals surface area (Å²) in [6, 6.07) is 15.3. The first-order valence-corrected chi connectivity index (χ1v) is 9.51. The van der Waals surface area contributed by atoms with Crippen LogP contribution in [0.3, 0.4) is 0 Å². The van der Waals surface area contributed by atoms with Crippen LogP contribution >= 0.6 is 0 Å². The highest BCUT2D eigenvalue weighted by molar-refractivity contribution is 5.91. The summed E-state index contributed by atoms with van der Waals surface area (Å²) in [7, 11) is 1.58. The van der Waals surface area contributed by atoms with Crippen molar-refractivity contribution in [3.8, 4) is 11.5 Å². The Hall–Kier alpha value is -2.53. The summed E-state index contributed by atoms with van der Waals surface area (Å²) in [4.78, 5) is 14.6. The van der Waals surface area contributed by atoms with Gasteiger partial charge >= 0.3 is 0 Å². The minimum absolute atomic E-state index is 0.0617. The van der Waals surface area contributed by atoms with E-state index < -0.39 is 0 Å². The first-order valence-electron chi connectivity index (χ1n) is 9.51. The first-order chi connectivity index (χ1) is 13.1. The third-order valence-electron chi connectivity index (χ3n) is 4.81. The number of benzene rings is 2. The van der Waals surface area contributed by atoms with E-state index in [1.165, 1.54) is 31.5 Å². The lowest BCUT2D eigenvalue weighted by atomic mass is 10.00. The quantitative estimate of drug-likeness (QED) is 0.804. The molecule has 2 aromatic rings. The van der Waals surface area contributed by atoms with E-state index in [2.05, 4.69) is 29.3 Å². The number of hydrogen-bond acceptors (Lipinski definition) is 4. The van der Waals surface area contributed by atoms with Crippen molar-refractivity contribution in [2.24, 2.45) is 5.92 Å². The van der Waals surface area contributed by atoms with Crippen molar-refractivity contribution in [2.75, 3.05) is 32.1 Å². The number of ether oxygens (including phenoxy) is 2. The molecule has 0 spiro atoms. The summed E-state index contributed by atoms with van der Waals surface area (Å²) >= 11 is 0. The molecule has 5 nitrogen and oxygen atoms in total. The molecule has 0 radical (unpaired) electrons. The maximum absolute atomic E-state index is 12.1. The molecule has 0 aromatic heterocycles. The lowest BCUT2D eigenvalue weighted by Crippen LogP contribution is -2.33. The van der Waals surface area contributed by atoms with Gasteiger partial charge in [-0.3, -0.25) is 9.69 Å². The molecular weight excluding hydrogens is 340 g/mol. The van der Waals surface area contributed by atoms with Crippen LogP contribution in [0.15, 0.2) is 48.5 Å². The van der Waals surface area contributed by atoms with Crippen molar-refractivity contribution in [1.82, 2.24) is 4.90 Å². The van der Waals surface area contributed by atoms with E-state index in [-0.39, 0.29) is 12.5 Å². The Morgan fingerprint density at radius 1 is 1.15 bits per heavy atom. The Kier molecular flexibility index (Phi) is 6.71. The number of piperidine rings is 1. The molecule has 1 aliphatic heterocycles. The van der Waals surface area contributed by atoms with Gasteiger partial charge in [-0.1, -0.05) is 31.2 Å².